The van der Waals surface area contributed by atoms with Crippen LogP contribution in [0.4, 0.5) is 0 Å². The molecule has 0 saturated carbocycles. The minimum atomic E-state index is 0.405. The lowest BCUT2D eigenvalue weighted by molar-refractivity contribution is 0.748. The predicted molar refractivity (Wildman–Crippen MR) is 108 cm³/mol. The average Bonchev–Trinajstić information content (AvgIpc) is 2.47. The van der Waals surface area contributed by atoms with E-state index in [-0.39, 0.29) is 0 Å². The molecule has 0 aliphatic rings. The lowest BCUT2D eigenvalue weighted by Crippen LogP contribution is -2.06. The van der Waals surface area contributed by atoms with Gasteiger partial charge in [-0.3, -0.25) is 0 Å². The quantitative estimate of drug-likeness (QED) is 0.522. The zero-order chi connectivity index (χ0) is 18.2. The van der Waals surface area contributed by atoms with Gasteiger partial charge in [0.2, 0.25) is 0 Å². The van der Waals surface area contributed by atoms with Crippen molar-refractivity contribution >= 4 is 23.2 Å². The molecule has 0 aromatic heterocycles. The number of aryl methyl sites for hydroxylation is 3. The second kappa shape index (κ2) is 7.50. The van der Waals surface area contributed by atoms with Gasteiger partial charge in [0, 0.05) is 10.0 Å². The van der Waals surface area contributed by atoms with E-state index in [0.717, 1.165) is 22.0 Å². The third kappa shape index (κ3) is 3.81. The highest BCUT2D eigenvalue weighted by Crippen LogP contribution is 2.35. The summed E-state index contributed by atoms with van der Waals surface area (Å²) in [4.78, 5) is 0. The predicted octanol–water partition coefficient (Wildman–Crippen LogP) is 7.70. The van der Waals surface area contributed by atoms with E-state index < -0.39 is 0 Å². The monoisotopic (exact) mass is 362 g/mol. The van der Waals surface area contributed by atoms with Gasteiger partial charge in [-0.15, -0.1) is 0 Å². The third-order valence-electron chi connectivity index (χ3n) is 5.01. The Hall–Kier alpha value is -0.980. The maximum absolute atomic E-state index is 6.72. The van der Waals surface area contributed by atoms with Crippen LogP contribution >= 0.6 is 23.2 Å². The molecule has 0 aliphatic heterocycles. The Morgan fingerprint density at radius 1 is 0.833 bits per heavy atom. The van der Waals surface area contributed by atoms with E-state index in [0.29, 0.717) is 11.8 Å². The van der Waals surface area contributed by atoms with E-state index in [2.05, 4.69) is 66.7 Å². The Morgan fingerprint density at radius 2 is 1.46 bits per heavy atom. The zero-order valence-corrected chi connectivity index (χ0v) is 17.4. The van der Waals surface area contributed by atoms with Crippen molar-refractivity contribution in [3.63, 3.8) is 0 Å². The first kappa shape index (κ1) is 19.3. The van der Waals surface area contributed by atoms with Crippen molar-refractivity contribution < 1.29 is 0 Å². The fraction of sp³-hybridized carbons (Fsp3) is 0.455. The van der Waals surface area contributed by atoms with E-state index in [1.165, 1.54) is 33.4 Å². The van der Waals surface area contributed by atoms with Crippen LogP contribution in [-0.2, 0) is 6.42 Å². The molecule has 0 radical (unpaired) electrons. The van der Waals surface area contributed by atoms with Crippen molar-refractivity contribution in [3.8, 4) is 0 Å². The van der Waals surface area contributed by atoms with Crippen molar-refractivity contribution in [2.24, 2.45) is 0 Å². The van der Waals surface area contributed by atoms with E-state index in [1.807, 2.05) is 0 Å². The Morgan fingerprint density at radius 3 is 2.04 bits per heavy atom. The topological polar surface area (TPSA) is 0 Å². The standard InChI is InChI=1S/C22H28Cl2/c1-12(2)21-16(6)9-18(22(24)17(21)7)8-13(3)19-10-15(5)20(23)11-14(19)4/h9-13H,8H2,1-7H3. The molecule has 0 fully saturated rings. The maximum Gasteiger partial charge on any atom is 0.0470 e. The molecule has 0 bridgehead atoms. The van der Waals surface area contributed by atoms with Crippen LogP contribution in [-0.4, -0.2) is 0 Å². The highest BCUT2D eigenvalue weighted by atomic mass is 35.5. The van der Waals surface area contributed by atoms with Gasteiger partial charge >= 0.3 is 0 Å². The lowest BCUT2D eigenvalue weighted by atomic mass is 9.86. The fourth-order valence-electron chi connectivity index (χ4n) is 3.87. The summed E-state index contributed by atoms with van der Waals surface area (Å²) >= 11 is 13.0. The Labute approximate surface area is 157 Å². The highest BCUT2D eigenvalue weighted by molar-refractivity contribution is 6.32. The van der Waals surface area contributed by atoms with E-state index in [4.69, 9.17) is 23.2 Å². The molecule has 0 aliphatic carbocycles. The van der Waals surface area contributed by atoms with Gasteiger partial charge in [0.05, 0.1) is 0 Å². The van der Waals surface area contributed by atoms with E-state index >= 15 is 0 Å². The third-order valence-corrected chi connectivity index (χ3v) is 5.95. The summed E-state index contributed by atoms with van der Waals surface area (Å²) < 4.78 is 0. The number of rotatable bonds is 4. The van der Waals surface area contributed by atoms with Crippen LogP contribution in [0.5, 0.6) is 0 Å². The van der Waals surface area contributed by atoms with Gasteiger partial charge in [-0.2, -0.15) is 0 Å². The summed E-state index contributed by atoms with van der Waals surface area (Å²) in [6.45, 7) is 15.3. The first-order chi connectivity index (χ1) is 11.1. The molecule has 0 heterocycles. The molecule has 1 atom stereocenters. The second-order valence-corrected chi connectivity index (χ2v) is 8.21. The smallest absolute Gasteiger partial charge is 0.0470 e. The normalized spacial score (nSPS) is 12.8. The highest BCUT2D eigenvalue weighted by Gasteiger charge is 2.17. The van der Waals surface area contributed by atoms with Gasteiger partial charge < -0.3 is 0 Å². The fourth-order valence-corrected chi connectivity index (χ4v) is 4.32. The van der Waals surface area contributed by atoms with Crippen molar-refractivity contribution in [1.82, 2.24) is 0 Å². The molecule has 2 rings (SSSR count). The molecule has 2 aromatic carbocycles. The summed E-state index contributed by atoms with van der Waals surface area (Å²) in [6, 6.07) is 6.57. The van der Waals surface area contributed by atoms with E-state index in [1.54, 1.807) is 0 Å². The molecule has 0 N–H and O–H groups in total. The number of hydrogen-bond acceptors (Lipinski definition) is 0. The van der Waals surface area contributed by atoms with Crippen molar-refractivity contribution in [2.75, 3.05) is 0 Å². The van der Waals surface area contributed by atoms with Crippen molar-refractivity contribution in [3.05, 3.63) is 67.2 Å². The molecule has 1 unspecified atom stereocenters. The van der Waals surface area contributed by atoms with Crippen LogP contribution in [0.1, 0.15) is 71.6 Å². The van der Waals surface area contributed by atoms with Gasteiger partial charge in [0.1, 0.15) is 0 Å². The van der Waals surface area contributed by atoms with Crippen LogP contribution in [0.3, 0.4) is 0 Å². The Balaban J connectivity index is 2.40. The average molecular weight is 363 g/mol. The first-order valence-corrected chi connectivity index (χ1v) is 9.44. The SMILES string of the molecule is Cc1cc(C(C)Cc2cc(C)c(C(C)C)c(C)c2Cl)c(C)cc1Cl. The van der Waals surface area contributed by atoms with Gasteiger partial charge in [-0.05, 0) is 91.0 Å². The van der Waals surface area contributed by atoms with Gasteiger partial charge in [-0.1, -0.05) is 56.1 Å². The lowest BCUT2D eigenvalue weighted by Gasteiger charge is -2.21. The Kier molecular flexibility index (Phi) is 6.04. The van der Waals surface area contributed by atoms with Crippen LogP contribution in [0.25, 0.3) is 0 Å². The molecular weight excluding hydrogens is 335 g/mol. The molecule has 130 valence electrons. The minimum Gasteiger partial charge on any atom is -0.0840 e. The van der Waals surface area contributed by atoms with Crippen LogP contribution in [0.15, 0.2) is 18.2 Å². The number of halogens is 2. The Bertz CT molecular complexity index is 757. The second-order valence-electron chi connectivity index (χ2n) is 7.42. The number of hydrogen-bond donors (Lipinski definition) is 0. The minimum absolute atomic E-state index is 0.405. The maximum atomic E-state index is 6.72. The molecule has 2 aromatic rings. The van der Waals surface area contributed by atoms with Crippen LogP contribution in [0, 0.1) is 27.7 Å². The summed E-state index contributed by atoms with van der Waals surface area (Å²) in [5.74, 6) is 0.900. The summed E-state index contributed by atoms with van der Waals surface area (Å²) in [7, 11) is 0. The molecule has 0 saturated heterocycles. The molecule has 0 amide bonds. The largest absolute Gasteiger partial charge is 0.0840 e. The molecule has 0 spiro atoms. The number of benzene rings is 2. The zero-order valence-electron chi connectivity index (χ0n) is 15.8. The summed E-state index contributed by atoms with van der Waals surface area (Å²) in [5, 5.41) is 1.77. The van der Waals surface area contributed by atoms with Crippen molar-refractivity contribution in [1.29, 1.82) is 0 Å². The summed E-state index contributed by atoms with van der Waals surface area (Å²) in [5.41, 5.74) is 8.96. The van der Waals surface area contributed by atoms with Gasteiger partial charge in [-0.25, -0.2) is 0 Å². The van der Waals surface area contributed by atoms with E-state index in [9.17, 15) is 0 Å². The molecular formula is C22H28Cl2. The molecule has 2 heteroatoms. The van der Waals surface area contributed by atoms with Crippen LogP contribution < -0.4 is 0 Å². The van der Waals surface area contributed by atoms with Gasteiger partial charge in [0.15, 0.2) is 0 Å². The summed E-state index contributed by atoms with van der Waals surface area (Å²) in [6.07, 6.45) is 0.945. The van der Waals surface area contributed by atoms with Crippen molar-refractivity contribution in [2.45, 2.75) is 66.7 Å². The van der Waals surface area contributed by atoms with Gasteiger partial charge in [0.25, 0.3) is 0 Å². The first-order valence-electron chi connectivity index (χ1n) is 8.68. The molecule has 24 heavy (non-hydrogen) atoms. The van der Waals surface area contributed by atoms with Crippen LogP contribution in [0.2, 0.25) is 10.0 Å². The molecule has 0 nitrogen and oxygen atoms in total.